The Morgan fingerprint density at radius 1 is 1.56 bits per heavy atom. The molecule has 0 bridgehead atoms. The summed E-state index contributed by atoms with van der Waals surface area (Å²) in [5.41, 5.74) is 0.678. The number of methoxy groups -OCH3 is 1. The number of piperidine rings is 1. The van der Waals surface area contributed by atoms with Crippen molar-refractivity contribution >= 4 is 21.7 Å². The number of carbonyl (C=O) groups excluding carboxylic acids is 1. The number of hydrogen-bond acceptors (Lipinski definition) is 3. The van der Waals surface area contributed by atoms with Gasteiger partial charge in [-0.3, -0.25) is 4.79 Å². The Kier molecular flexibility index (Phi) is 4.78. The summed E-state index contributed by atoms with van der Waals surface area (Å²) in [4.78, 5) is 12.3. The molecule has 1 heterocycles. The Morgan fingerprint density at radius 3 is 3.06 bits per heavy atom. The van der Waals surface area contributed by atoms with Crippen molar-refractivity contribution in [1.82, 2.24) is 5.32 Å². The van der Waals surface area contributed by atoms with Gasteiger partial charge in [0.1, 0.15) is 5.75 Å². The van der Waals surface area contributed by atoms with E-state index >= 15 is 0 Å². The fourth-order valence-corrected chi connectivity index (χ4v) is 2.73. The number of ether oxygens (including phenoxy) is 1. The summed E-state index contributed by atoms with van der Waals surface area (Å²) in [6, 6.07) is 5.56. The molecule has 4 heteroatoms. The SMILES string of the molecule is COc1ccc(Br)cc1C(=O)CC1CCCNC1. The van der Waals surface area contributed by atoms with E-state index in [0.29, 0.717) is 23.7 Å². The minimum Gasteiger partial charge on any atom is -0.496 e. The fraction of sp³-hybridized carbons (Fsp3) is 0.500. The van der Waals surface area contributed by atoms with Gasteiger partial charge in [-0.15, -0.1) is 0 Å². The molecule has 1 atom stereocenters. The van der Waals surface area contributed by atoms with E-state index in [9.17, 15) is 4.79 Å². The van der Waals surface area contributed by atoms with E-state index in [2.05, 4.69) is 21.2 Å². The Hall–Kier alpha value is -0.870. The molecule has 1 unspecified atom stereocenters. The first-order valence-corrected chi connectivity index (χ1v) is 7.07. The van der Waals surface area contributed by atoms with Gasteiger partial charge in [-0.25, -0.2) is 0 Å². The van der Waals surface area contributed by atoms with Crippen molar-refractivity contribution in [3.8, 4) is 5.75 Å². The van der Waals surface area contributed by atoms with E-state index in [1.807, 2.05) is 18.2 Å². The normalized spacial score (nSPS) is 19.6. The third kappa shape index (κ3) is 3.33. The summed E-state index contributed by atoms with van der Waals surface area (Å²) in [5.74, 6) is 1.28. The van der Waals surface area contributed by atoms with Gasteiger partial charge in [0.2, 0.25) is 0 Å². The smallest absolute Gasteiger partial charge is 0.166 e. The molecular weight excluding hydrogens is 294 g/mol. The second-order valence-electron chi connectivity index (χ2n) is 4.68. The predicted molar refractivity (Wildman–Crippen MR) is 75.2 cm³/mol. The maximum absolute atomic E-state index is 12.3. The first-order valence-electron chi connectivity index (χ1n) is 6.28. The third-order valence-electron chi connectivity index (χ3n) is 3.33. The van der Waals surface area contributed by atoms with Gasteiger partial charge in [-0.2, -0.15) is 0 Å². The van der Waals surface area contributed by atoms with Crippen molar-refractivity contribution in [2.75, 3.05) is 20.2 Å². The number of nitrogens with one attached hydrogen (secondary N) is 1. The minimum absolute atomic E-state index is 0.168. The van der Waals surface area contributed by atoms with Gasteiger partial charge in [0.25, 0.3) is 0 Å². The molecule has 18 heavy (non-hydrogen) atoms. The van der Waals surface area contributed by atoms with Crippen molar-refractivity contribution in [3.63, 3.8) is 0 Å². The summed E-state index contributed by atoms with van der Waals surface area (Å²) >= 11 is 3.40. The summed E-state index contributed by atoms with van der Waals surface area (Å²) in [6.45, 7) is 2.02. The van der Waals surface area contributed by atoms with Crippen LogP contribution in [-0.2, 0) is 0 Å². The van der Waals surface area contributed by atoms with Crippen LogP contribution in [0.2, 0.25) is 0 Å². The van der Waals surface area contributed by atoms with Gasteiger partial charge in [-0.1, -0.05) is 15.9 Å². The molecule has 1 aromatic carbocycles. The molecule has 98 valence electrons. The van der Waals surface area contributed by atoms with E-state index in [0.717, 1.165) is 30.4 Å². The molecule has 2 rings (SSSR count). The second-order valence-corrected chi connectivity index (χ2v) is 5.60. The highest BCUT2D eigenvalue weighted by Crippen LogP contribution is 2.26. The van der Waals surface area contributed by atoms with Crippen molar-refractivity contribution in [3.05, 3.63) is 28.2 Å². The minimum atomic E-state index is 0.168. The lowest BCUT2D eigenvalue weighted by atomic mass is 9.92. The largest absolute Gasteiger partial charge is 0.496 e. The lowest BCUT2D eigenvalue weighted by Gasteiger charge is -2.22. The first kappa shape index (κ1) is 13.6. The molecule has 1 aromatic rings. The zero-order chi connectivity index (χ0) is 13.0. The topological polar surface area (TPSA) is 38.3 Å². The molecule has 0 spiro atoms. The lowest BCUT2D eigenvalue weighted by Crippen LogP contribution is -2.31. The second kappa shape index (κ2) is 6.34. The predicted octanol–water partition coefficient (Wildman–Crippen LogP) is 3.03. The van der Waals surface area contributed by atoms with Gasteiger partial charge in [0.05, 0.1) is 12.7 Å². The van der Waals surface area contributed by atoms with E-state index in [-0.39, 0.29) is 5.78 Å². The van der Waals surface area contributed by atoms with E-state index in [4.69, 9.17) is 4.74 Å². The molecule has 1 N–H and O–H groups in total. The maximum atomic E-state index is 12.3. The van der Waals surface area contributed by atoms with Crippen LogP contribution in [0.15, 0.2) is 22.7 Å². The van der Waals surface area contributed by atoms with Gasteiger partial charge >= 0.3 is 0 Å². The summed E-state index contributed by atoms with van der Waals surface area (Å²) in [6.07, 6.45) is 2.89. The molecular formula is C14H18BrNO2. The molecule has 0 aromatic heterocycles. The highest BCUT2D eigenvalue weighted by Gasteiger charge is 2.20. The molecule has 0 aliphatic carbocycles. The van der Waals surface area contributed by atoms with Crippen LogP contribution >= 0.6 is 15.9 Å². The van der Waals surface area contributed by atoms with E-state index < -0.39 is 0 Å². The third-order valence-corrected chi connectivity index (χ3v) is 3.83. The Morgan fingerprint density at radius 2 is 2.39 bits per heavy atom. The molecule has 3 nitrogen and oxygen atoms in total. The summed E-state index contributed by atoms with van der Waals surface area (Å²) in [7, 11) is 1.60. The van der Waals surface area contributed by atoms with Crippen molar-refractivity contribution < 1.29 is 9.53 Å². The highest BCUT2D eigenvalue weighted by atomic mass is 79.9. The molecule has 0 radical (unpaired) electrons. The quantitative estimate of drug-likeness (QED) is 0.869. The van der Waals surface area contributed by atoms with Gasteiger partial charge in [-0.05, 0) is 50.0 Å². The lowest BCUT2D eigenvalue weighted by molar-refractivity contribution is 0.0951. The molecule has 1 saturated heterocycles. The van der Waals surface area contributed by atoms with Crippen molar-refractivity contribution in [2.45, 2.75) is 19.3 Å². The number of ketones is 1. The average Bonchev–Trinajstić information content (AvgIpc) is 2.40. The number of halogens is 1. The standard InChI is InChI=1S/C14H18BrNO2/c1-18-14-5-4-11(15)8-12(14)13(17)7-10-3-2-6-16-9-10/h4-5,8,10,16H,2-3,6-7,9H2,1H3. The van der Waals surface area contributed by atoms with Gasteiger partial charge < -0.3 is 10.1 Å². The molecule has 1 aliphatic rings. The number of benzene rings is 1. The van der Waals surface area contributed by atoms with Crippen molar-refractivity contribution in [2.24, 2.45) is 5.92 Å². The van der Waals surface area contributed by atoms with Crippen LogP contribution in [0.5, 0.6) is 5.75 Å². The Bertz CT molecular complexity index is 428. The first-order chi connectivity index (χ1) is 8.70. The van der Waals surface area contributed by atoms with Crippen LogP contribution in [-0.4, -0.2) is 26.0 Å². The summed E-state index contributed by atoms with van der Waals surface area (Å²) in [5, 5.41) is 3.34. The average molecular weight is 312 g/mol. The van der Waals surface area contributed by atoms with Crippen LogP contribution in [0.25, 0.3) is 0 Å². The molecule has 0 saturated carbocycles. The number of hydrogen-bond donors (Lipinski definition) is 1. The maximum Gasteiger partial charge on any atom is 0.166 e. The van der Waals surface area contributed by atoms with Crippen LogP contribution in [0.4, 0.5) is 0 Å². The summed E-state index contributed by atoms with van der Waals surface area (Å²) < 4.78 is 6.16. The number of carbonyl (C=O) groups is 1. The Balaban J connectivity index is 2.09. The van der Waals surface area contributed by atoms with Gasteiger partial charge in [0, 0.05) is 10.9 Å². The van der Waals surface area contributed by atoms with Crippen molar-refractivity contribution in [1.29, 1.82) is 0 Å². The van der Waals surface area contributed by atoms with Crippen LogP contribution in [0.3, 0.4) is 0 Å². The van der Waals surface area contributed by atoms with Crippen LogP contribution in [0.1, 0.15) is 29.6 Å². The monoisotopic (exact) mass is 311 g/mol. The molecule has 0 amide bonds. The van der Waals surface area contributed by atoms with E-state index in [1.54, 1.807) is 7.11 Å². The van der Waals surface area contributed by atoms with Crippen LogP contribution < -0.4 is 10.1 Å². The van der Waals surface area contributed by atoms with Crippen LogP contribution in [0, 0.1) is 5.92 Å². The van der Waals surface area contributed by atoms with Gasteiger partial charge in [0.15, 0.2) is 5.78 Å². The molecule has 1 fully saturated rings. The Labute approximate surface area is 116 Å². The molecule has 1 aliphatic heterocycles. The van der Waals surface area contributed by atoms with E-state index in [1.165, 1.54) is 0 Å². The number of rotatable bonds is 4. The fourth-order valence-electron chi connectivity index (χ4n) is 2.37. The zero-order valence-electron chi connectivity index (χ0n) is 10.5. The number of Topliss-reactive ketones (excluding diaryl/α,β-unsaturated/α-hetero) is 1. The highest BCUT2D eigenvalue weighted by molar-refractivity contribution is 9.10. The zero-order valence-corrected chi connectivity index (χ0v) is 12.1.